The summed E-state index contributed by atoms with van der Waals surface area (Å²) in [7, 11) is 0. The maximum absolute atomic E-state index is 11.3. The largest absolute Gasteiger partial charge is 0.465 e. The molecule has 0 radical (unpaired) electrons. The Kier molecular flexibility index (Phi) is 3.58. The molecule has 2 atom stereocenters. The fourth-order valence-electron chi connectivity index (χ4n) is 2.82. The zero-order chi connectivity index (χ0) is 12.5. The summed E-state index contributed by atoms with van der Waals surface area (Å²) >= 11 is 0. The van der Waals surface area contributed by atoms with Gasteiger partial charge in [-0.1, -0.05) is 0 Å². The summed E-state index contributed by atoms with van der Waals surface area (Å²) < 4.78 is 11.0. The van der Waals surface area contributed by atoms with Crippen molar-refractivity contribution in [3.8, 4) is 0 Å². The maximum atomic E-state index is 11.3. The Morgan fingerprint density at radius 3 is 2.82 bits per heavy atom. The van der Waals surface area contributed by atoms with Crippen LogP contribution in [0.1, 0.15) is 33.1 Å². The fraction of sp³-hybridized carbons (Fsp3) is 0.917. The van der Waals surface area contributed by atoms with Crippen molar-refractivity contribution in [3.63, 3.8) is 0 Å². The summed E-state index contributed by atoms with van der Waals surface area (Å²) in [5, 5.41) is 9.26. The van der Waals surface area contributed by atoms with Crippen LogP contribution in [0.5, 0.6) is 0 Å². The van der Waals surface area contributed by atoms with Crippen molar-refractivity contribution in [2.75, 3.05) is 19.8 Å². The van der Waals surface area contributed by atoms with E-state index >= 15 is 0 Å². The third kappa shape index (κ3) is 2.72. The van der Waals surface area contributed by atoms with Crippen molar-refractivity contribution in [2.24, 2.45) is 5.92 Å². The van der Waals surface area contributed by atoms with Crippen LogP contribution in [-0.4, -0.2) is 47.7 Å². The Bertz CT molecular complexity index is 286. The van der Waals surface area contributed by atoms with E-state index in [1.807, 2.05) is 0 Å². The fourth-order valence-corrected chi connectivity index (χ4v) is 2.82. The molecule has 5 nitrogen and oxygen atoms in total. The van der Waals surface area contributed by atoms with Crippen molar-refractivity contribution < 1.29 is 19.4 Å². The minimum Gasteiger partial charge on any atom is -0.465 e. The highest BCUT2D eigenvalue weighted by Crippen LogP contribution is 2.32. The zero-order valence-electron chi connectivity index (χ0n) is 10.5. The molecule has 0 aliphatic carbocycles. The van der Waals surface area contributed by atoms with Crippen LogP contribution in [0.3, 0.4) is 0 Å². The molecule has 0 aromatic carbocycles. The number of carbonyl (C=O) groups is 1. The molecule has 1 amide bonds. The maximum Gasteiger partial charge on any atom is 0.409 e. The third-order valence-corrected chi connectivity index (χ3v) is 3.64. The second-order valence-corrected chi connectivity index (χ2v) is 5.38. The molecule has 2 heterocycles. The molecule has 5 heteroatoms. The van der Waals surface area contributed by atoms with Gasteiger partial charge in [-0.25, -0.2) is 4.79 Å². The van der Waals surface area contributed by atoms with E-state index in [2.05, 4.69) is 0 Å². The van der Waals surface area contributed by atoms with Crippen molar-refractivity contribution in [2.45, 2.75) is 44.9 Å². The topological polar surface area (TPSA) is 59.0 Å². The Morgan fingerprint density at radius 1 is 1.47 bits per heavy atom. The van der Waals surface area contributed by atoms with Crippen LogP contribution in [0.25, 0.3) is 0 Å². The third-order valence-electron chi connectivity index (χ3n) is 3.64. The van der Waals surface area contributed by atoms with Crippen LogP contribution in [0.15, 0.2) is 0 Å². The van der Waals surface area contributed by atoms with Crippen molar-refractivity contribution >= 4 is 6.09 Å². The van der Waals surface area contributed by atoms with Crippen LogP contribution in [0, 0.1) is 5.92 Å². The van der Waals surface area contributed by atoms with Gasteiger partial charge in [0.25, 0.3) is 0 Å². The standard InChI is InChI=1S/C12H21NO4/c1-12(2)13(11(14)15)10(8-17-12)6-9-4-3-5-16-7-9/h9-10H,3-8H2,1-2H3,(H,14,15). The van der Waals surface area contributed by atoms with E-state index in [1.165, 1.54) is 4.90 Å². The molecule has 98 valence electrons. The highest BCUT2D eigenvalue weighted by molar-refractivity contribution is 5.66. The van der Waals surface area contributed by atoms with Crippen molar-refractivity contribution in [3.05, 3.63) is 0 Å². The first-order chi connectivity index (χ1) is 8.00. The van der Waals surface area contributed by atoms with Gasteiger partial charge in [0.05, 0.1) is 12.6 Å². The second-order valence-electron chi connectivity index (χ2n) is 5.38. The van der Waals surface area contributed by atoms with Crippen molar-refractivity contribution in [1.29, 1.82) is 0 Å². The number of hydrogen-bond donors (Lipinski definition) is 1. The molecule has 1 N–H and O–H groups in total. The molecule has 0 bridgehead atoms. The lowest BCUT2D eigenvalue weighted by Gasteiger charge is -2.33. The van der Waals surface area contributed by atoms with E-state index in [-0.39, 0.29) is 6.04 Å². The van der Waals surface area contributed by atoms with Gasteiger partial charge in [0.15, 0.2) is 0 Å². The van der Waals surface area contributed by atoms with Gasteiger partial charge >= 0.3 is 6.09 Å². The summed E-state index contributed by atoms with van der Waals surface area (Å²) in [6, 6.07) is -0.0331. The van der Waals surface area contributed by atoms with Crippen molar-refractivity contribution in [1.82, 2.24) is 4.90 Å². The number of rotatable bonds is 2. The highest BCUT2D eigenvalue weighted by Gasteiger charge is 2.44. The quantitative estimate of drug-likeness (QED) is 0.805. The van der Waals surface area contributed by atoms with E-state index in [0.29, 0.717) is 12.5 Å². The summed E-state index contributed by atoms with van der Waals surface area (Å²) in [5.41, 5.74) is -0.702. The minimum absolute atomic E-state index is 0.0331. The lowest BCUT2D eigenvalue weighted by molar-refractivity contribution is -0.0433. The van der Waals surface area contributed by atoms with Gasteiger partial charge in [-0.3, -0.25) is 4.90 Å². The first kappa shape index (κ1) is 12.6. The Hall–Kier alpha value is -0.810. The molecule has 17 heavy (non-hydrogen) atoms. The number of ether oxygens (including phenoxy) is 2. The van der Waals surface area contributed by atoms with Crippen LogP contribution in [-0.2, 0) is 9.47 Å². The molecule has 2 saturated heterocycles. The van der Waals surface area contributed by atoms with Gasteiger partial charge in [0.1, 0.15) is 5.72 Å². The molecule has 0 saturated carbocycles. The predicted molar refractivity (Wildman–Crippen MR) is 61.8 cm³/mol. The Labute approximate surface area is 102 Å². The van der Waals surface area contributed by atoms with Crippen LogP contribution < -0.4 is 0 Å². The Morgan fingerprint density at radius 2 is 2.24 bits per heavy atom. The monoisotopic (exact) mass is 243 g/mol. The molecule has 0 aromatic heterocycles. The first-order valence-corrected chi connectivity index (χ1v) is 6.24. The Balaban J connectivity index is 1.97. The molecule has 2 rings (SSSR count). The van der Waals surface area contributed by atoms with E-state index in [9.17, 15) is 9.90 Å². The molecular formula is C12H21NO4. The van der Waals surface area contributed by atoms with Gasteiger partial charge < -0.3 is 14.6 Å². The molecular weight excluding hydrogens is 222 g/mol. The van der Waals surface area contributed by atoms with Crippen LogP contribution >= 0.6 is 0 Å². The summed E-state index contributed by atoms with van der Waals surface area (Å²) in [4.78, 5) is 12.7. The zero-order valence-corrected chi connectivity index (χ0v) is 10.5. The van der Waals surface area contributed by atoms with E-state index in [4.69, 9.17) is 9.47 Å². The normalized spacial score (nSPS) is 32.7. The lowest BCUT2D eigenvalue weighted by Crippen LogP contribution is -2.48. The molecule has 2 fully saturated rings. The lowest BCUT2D eigenvalue weighted by atomic mass is 9.94. The van der Waals surface area contributed by atoms with E-state index in [1.54, 1.807) is 13.8 Å². The summed E-state index contributed by atoms with van der Waals surface area (Å²) in [6.07, 6.45) is 2.16. The van der Waals surface area contributed by atoms with E-state index < -0.39 is 11.8 Å². The van der Waals surface area contributed by atoms with Gasteiger partial charge in [-0.2, -0.15) is 0 Å². The van der Waals surface area contributed by atoms with Gasteiger partial charge in [0.2, 0.25) is 0 Å². The average Bonchev–Trinajstić information content (AvgIpc) is 2.55. The number of nitrogens with zero attached hydrogens (tertiary/aromatic N) is 1. The number of hydrogen-bond acceptors (Lipinski definition) is 3. The summed E-state index contributed by atoms with van der Waals surface area (Å²) in [6.45, 7) is 5.70. The molecule has 2 aliphatic heterocycles. The van der Waals surface area contributed by atoms with Gasteiger partial charge in [-0.05, 0) is 39.0 Å². The van der Waals surface area contributed by atoms with Crippen LogP contribution in [0.4, 0.5) is 4.79 Å². The average molecular weight is 243 g/mol. The van der Waals surface area contributed by atoms with Crippen LogP contribution in [0.2, 0.25) is 0 Å². The smallest absolute Gasteiger partial charge is 0.409 e. The number of amides is 1. The number of carboxylic acid groups (broad SMARTS) is 1. The van der Waals surface area contributed by atoms with Gasteiger partial charge in [-0.15, -0.1) is 0 Å². The molecule has 0 aromatic rings. The minimum atomic E-state index is -0.894. The van der Waals surface area contributed by atoms with E-state index in [0.717, 1.165) is 32.5 Å². The molecule has 2 unspecified atom stereocenters. The molecule has 2 aliphatic rings. The SMILES string of the molecule is CC1(C)OCC(CC2CCCOC2)N1C(=O)O. The first-order valence-electron chi connectivity index (χ1n) is 6.24. The highest BCUT2D eigenvalue weighted by atomic mass is 16.5. The molecule has 0 spiro atoms. The predicted octanol–water partition coefficient (Wildman–Crippen LogP) is 1.92. The summed E-state index contributed by atoms with van der Waals surface area (Å²) in [5.74, 6) is 0.466. The van der Waals surface area contributed by atoms with Gasteiger partial charge in [0, 0.05) is 13.2 Å². The second kappa shape index (κ2) is 4.82.